The van der Waals surface area contributed by atoms with Gasteiger partial charge in [0.25, 0.3) is 0 Å². The Labute approximate surface area is 193 Å². The van der Waals surface area contributed by atoms with Crippen LogP contribution in [0.15, 0.2) is 42.0 Å². The van der Waals surface area contributed by atoms with Gasteiger partial charge in [0, 0.05) is 8.99 Å². The van der Waals surface area contributed by atoms with Crippen LogP contribution in [0.2, 0.25) is 0 Å². The van der Waals surface area contributed by atoms with Crippen LogP contribution in [-0.2, 0) is 27.8 Å². The van der Waals surface area contributed by atoms with E-state index in [4.69, 9.17) is 11.3 Å². The van der Waals surface area contributed by atoms with Crippen molar-refractivity contribution in [2.75, 3.05) is 0 Å². The minimum absolute atomic E-state index is 0.292. The topological polar surface area (TPSA) is 30.7 Å². The average molecular weight is 513 g/mol. The van der Waals surface area contributed by atoms with Crippen LogP contribution in [0.4, 0.5) is 5.69 Å². The normalized spacial score (nSPS) is 13.8. The maximum Gasteiger partial charge on any atom is 0.339 e. The van der Waals surface area contributed by atoms with E-state index in [1.54, 1.807) is 6.07 Å². The van der Waals surface area contributed by atoms with E-state index in [9.17, 15) is 4.79 Å². The predicted molar refractivity (Wildman–Crippen MR) is 131 cm³/mol. The van der Waals surface area contributed by atoms with Crippen LogP contribution in [0.25, 0.3) is 10.4 Å². The summed E-state index contributed by atoms with van der Waals surface area (Å²) in [5, 5.41) is 0. The molecule has 1 aliphatic carbocycles. The molecule has 4 heteroatoms. The van der Waals surface area contributed by atoms with Crippen LogP contribution >= 0.6 is 22.6 Å². The Hall–Kier alpha value is -2.13. The summed E-state index contributed by atoms with van der Waals surface area (Å²) in [6, 6.07) is 12.2. The minimum atomic E-state index is -0.573. The number of esters is 1. The second-order valence-electron chi connectivity index (χ2n) is 9.27. The van der Waals surface area contributed by atoms with Crippen LogP contribution in [0.1, 0.15) is 63.8 Å². The highest BCUT2D eigenvalue weighted by atomic mass is 127. The van der Waals surface area contributed by atoms with Gasteiger partial charge in [0.05, 0.1) is 12.1 Å². The Morgan fingerprint density at radius 1 is 1.13 bits per heavy atom. The quantitative estimate of drug-likeness (QED) is 0.250. The van der Waals surface area contributed by atoms with Gasteiger partial charge in [0.1, 0.15) is 5.60 Å². The van der Waals surface area contributed by atoms with Gasteiger partial charge in [-0.05, 0) is 90.1 Å². The number of fused-ring (bicyclic) bond motifs is 1. The Bertz CT molecular complexity index is 1080. The average Bonchev–Trinajstić information content (AvgIpc) is 3.06. The first kappa shape index (κ1) is 22.6. The van der Waals surface area contributed by atoms with E-state index < -0.39 is 5.60 Å². The zero-order chi connectivity index (χ0) is 22.3. The molecule has 3 rings (SSSR count). The van der Waals surface area contributed by atoms with Gasteiger partial charge in [-0.25, -0.2) is 9.64 Å². The number of benzene rings is 2. The molecule has 3 nitrogen and oxygen atoms in total. The molecule has 30 heavy (non-hydrogen) atoms. The number of halogens is 1. The Morgan fingerprint density at radius 3 is 2.40 bits per heavy atom. The second-order valence-corrected chi connectivity index (χ2v) is 10.4. The molecule has 0 N–H and O–H groups in total. The largest absolute Gasteiger partial charge is 0.456 e. The van der Waals surface area contributed by atoms with Gasteiger partial charge >= 0.3 is 5.97 Å². The number of aryl methyl sites for hydroxylation is 1. The van der Waals surface area contributed by atoms with Gasteiger partial charge < -0.3 is 4.74 Å². The summed E-state index contributed by atoms with van der Waals surface area (Å²) in [7, 11) is 0. The molecule has 0 saturated carbocycles. The number of ether oxygens (including phenoxy) is 1. The van der Waals surface area contributed by atoms with Gasteiger partial charge in [0.2, 0.25) is 0 Å². The monoisotopic (exact) mass is 513 g/mol. The molecule has 0 radical (unpaired) electrons. The fraction of sp³-hybridized carbons (Fsp3) is 0.385. The molecule has 0 aliphatic heterocycles. The molecule has 156 valence electrons. The molecule has 0 atom stereocenters. The van der Waals surface area contributed by atoms with Gasteiger partial charge in [-0.3, -0.25) is 0 Å². The van der Waals surface area contributed by atoms with Gasteiger partial charge in [0.15, 0.2) is 5.69 Å². The van der Waals surface area contributed by atoms with Crippen molar-refractivity contribution in [3.05, 3.63) is 79.2 Å². The van der Waals surface area contributed by atoms with Crippen LogP contribution in [-0.4, -0.2) is 11.6 Å². The zero-order valence-electron chi connectivity index (χ0n) is 18.5. The highest BCUT2D eigenvalue weighted by Gasteiger charge is 2.38. The number of hydrogen-bond donors (Lipinski definition) is 0. The maximum atomic E-state index is 13.3. The first-order valence-corrected chi connectivity index (χ1v) is 11.3. The zero-order valence-corrected chi connectivity index (χ0v) is 20.7. The fourth-order valence-corrected chi connectivity index (χ4v) is 4.87. The molecule has 2 aromatic carbocycles. The summed E-state index contributed by atoms with van der Waals surface area (Å²) < 4.78 is 7.04. The molecule has 0 spiro atoms. The molecule has 0 amide bonds. The third-order valence-corrected chi connectivity index (χ3v) is 6.67. The first-order chi connectivity index (χ1) is 14.0. The summed E-state index contributed by atoms with van der Waals surface area (Å²) >= 11 is 2.39. The summed E-state index contributed by atoms with van der Waals surface area (Å²) in [6.45, 7) is 19.5. The van der Waals surface area contributed by atoms with Crippen molar-refractivity contribution in [2.24, 2.45) is 0 Å². The van der Waals surface area contributed by atoms with Crippen molar-refractivity contribution < 1.29 is 9.53 Å². The van der Waals surface area contributed by atoms with Gasteiger partial charge in [-0.15, -0.1) is 0 Å². The SMILES string of the molecule is [C-]#[N+]c1ccc2c(c1)CC(C(C)(C)c1ccc(CC)c(I)c1)=C2C(=O)OC(C)(C)C. The number of carbonyl (C=O) groups excluding carboxylic acids is 1. The summed E-state index contributed by atoms with van der Waals surface area (Å²) in [5.41, 5.74) is 5.79. The molecule has 2 aromatic rings. The number of hydrogen-bond acceptors (Lipinski definition) is 2. The van der Waals surface area contributed by atoms with Crippen LogP contribution in [0.5, 0.6) is 0 Å². The first-order valence-electron chi connectivity index (χ1n) is 10.2. The van der Waals surface area contributed by atoms with E-state index in [-0.39, 0.29) is 11.4 Å². The van der Waals surface area contributed by atoms with Crippen molar-refractivity contribution in [3.63, 3.8) is 0 Å². The summed E-state index contributed by atoms with van der Waals surface area (Å²) in [6.07, 6.45) is 1.64. The van der Waals surface area contributed by atoms with E-state index in [1.165, 1.54) is 14.7 Å². The molecule has 1 aliphatic rings. The Morgan fingerprint density at radius 2 is 1.83 bits per heavy atom. The third-order valence-electron chi connectivity index (χ3n) is 5.67. The molecule has 0 heterocycles. The van der Waals surface area contributed by atoms with E-state index in [2.05, 4.69) is 66.4 Å². The molecular weight excluding hydrogens is 485 g/mol. The molecule has 0 bridgehead atoms. The standard InChI is InChI=1S/C26H28INO2/c1-8-16-9-10-18(15-22(16)27)26(5,6)21-14-17-13-19(28-7)11-12-20(17)23(21)24(29)30-25(2,3)4/h9-13,15H,8,14H2,1-6H3. The number of allylic oxidation sites excluding steroid dienone is 1. The van der Waals surface area contributed by atoms with Gasteiger partial charge in [-0.2, -0.15) is 0 Å². The lowest BCUT2D eigenvalue weighted by molar-refractivity contribution is -0.147. The molecule has 0 saturated heterocycles. The van der Waals surface area contributed by atoms with Crippen molar-refractivity contribution in [1.82, 2.24) is 0 Å². The van der Waals surface area contributed by atoms with Crippen molar-refractivity contribution in [3.8, 4) is 0 Å². The van der Waals surface area contributed by atoms with E-state index in [0.717, 1.165) is 23.1 Å². The Balaban J connectivity index is 2.17. The number of carbonyl (C=O) groups is 1. The van der Waals surface area contributed by atoms with E-state index >= 15 is 0 Å². The highest BCUT2D eigenvalue weighted by molar-refractivity contribution is 14.1. The van der Waals surface area contributed by atoms with Crippen LogP contribution in [0.3, 0.4) is 0 Å². The van der Waals surface area contributed by atoms with Crippen LogP contribution < -0.4 is 0 Å². The maximum absolute atomic E-state index is 13.3. The highest BCUT2D eigenvalue weighted by Crippen LogP contribution is 2.46. The lowest BCUT2D eigenvalue weighted by atomic mass is 9.75. The number of nitrogens with zero attached hydrogens (tertiary/aromatic N) is 1. The molecular formula is C26H28INO2. The molecule has 0 aromatic heterocycles. The Kier molecular flexibility index (Phi) is 6.15. The van der Waals surface area contributed by atoms with Gasteiger partial charge in [-0.1, -0.05) is 51.1 Å². The van der Waals surface area contributed by atoms with E-state index in [1.807, 2.05) is 32.9 Å². The minimum Gasteiger partial charge on any atom is -0.456 e. The lowest BCUT2D eigenvalue weighted by Crippen LogP contribution is -2.27. The van der Waals surface area contributed by atoms with Crippen molar-refractivity contribution >= 4 is 39.8 Å². The number of rotatable bonds is 4. The fourth-order valence-electron chi connectivity index (χ4n) is 3.97. The van der Waals surface area contributed by atoms with Crippen LogP contribution in [0, 0.1) is 10.1 Å². The summed E-state index contributed by atoms with van der Waals surface area (Å²) in [5.74, 6) is -0.292. The third kappa shape index (κ3) is 4.32. The van der Waals surface area contributed by atoms with Crippen molar-refractivity contribution in [1.29, 1.82) is 0 Å². The molecule has 0 fully saturated rings. The lowest BCUT2D eigenvalue weighted by Gasteiger charge is -2.30. The summed E-state index contributed by atoms with van der Waals surface area (Å²) in [4.78, 5) is 16.9. The van der Waals surface area contributed by atoms with E-state index in [0.29, 0.717) is 17.7 Å². The van der Waals surface area contributed by atoms with Crippen molar-refractivity contribution in [2.45, 2.75) is 65.4 Å². The molecule has 0 unspecified atom stereocenters. The smallest absolute Gasteiger partial charge is 0.339 e. The predicted octanol–water partition coefficient (Wildman–Crippen LogP) is 7.03. The second kappa shape index (κ2) is 8.19.